The highest BCUT2D eigenvalue weighted by Crippen LogP contribution is 2.32. The molecule has 0 fully saturated rings. The lowest BCUT2D eigenvalue weighted by molar-refractivity contribution is 0.596. The predicted octanol–water partition coefficient (Wildman–Crippen LogP) is 6.59. The van der Waals surface area contributed by atoms with Gasteiger partial charge in [0, 0.05) is 22.9 Å². The fourth-order valence-electron chi connectivity index (χ4n) is 3.91. The molecule has 4 rings (SSSR count). The van der Waals surface area contributed by atoms with Crippen molar-refractivity contribution >= 4 is 16.3 Å². The van der Waals surface area contributed by atoms with E-state index in [1.54, 1.807) is 0 Å². The Bertz CT molecular complexity index is 985. The summed E-state index contributed by atoms with van der Waals surface area (Å²) in [5.41, 5.74) is 3.98. The summed E-state index contributed by atoms with van der Waals surface area (Å²) < 4.78 is 2.04. The molecule has 0 aliphatic heterocycles. The molecule has 0 spiro atoms. The van der Waals surface area contributed by atoms with Gasteiger partial charge in [0.1, 0.15) is 0 Å². The van der Waals surface area contributed by atoms with Crippen LogP contribution in [0.25, 0.3) is 16.3 Å². The number of hydrogen-bond acceptors (Lipinski definition) is 1. The van der Waals surface area contributed by atoms with Crippen LogP contribution in [-0.4, -0.2) is 9.61 Å². The third-order valence-corrected chi connectivity index (χ3v) is 5.33. The zero-order valence-corrected chi connectivity index (χ0v) is 15.4. The van der Waals surface area contributed by atoms with Crippen LogP contribution in [0.15, 0.2) is 73.1 Å². The van der Waals surface area contributed by atoms with Crippen LogP contribution in [0.3, 0.4) is 0 Å². The van der Waals surface area contributed by atoms with Crippen molar-refractivity contribution in [1.29, 1.82) is 0 Å². The second-order valence-electron chi connectivity index (χ2n) is 7.15. The summed E-state index contributed by atoms with van der Waals surface area (Å²) in [6.07, 6.45) is 10.6. The Morgan fingerprint density at radius 2 is 1.69 bits per heavy atom. The maximum atomic E-state index is 4.63. The first-order valence-electron chi connectivity index (χ1n) is 9.78. The van der Waals surface area contributed by atoms with Crippen LogP contribution in [0.5, 0.6) is 0 Å². The highest BCUT2D eigenvalue weighted by Gasteiger charge is 2.17. The summed E-state index contributed by atoms with van der Waals surface area (Å²) in [5, 5.41) is 7.10. The first-order valence-corrected chi connectivity index (χ1v) is 9.78. The van der Waals surface area contributed by atoms with Gasteiger partial charge in [0.2, 0.25) is 0 Å². The van der Waals surface area contributed by atoms with Gasteiger partial charge in [-0.2, -0.15) is 5.10 Å². The molecule has 0 N–H and O–H groups in total. The Labute approximate surface area is 155 Å². The van der Waals surface area contributed by atoms with E-state index in [4.69, 9.17) is 0 Å². The van der Waals surface area contributed by atoms with Crippen LogP contribution in [0.1, 0.15) is 56.1 Å². The van der Waals surface area contributed by atoms with Gasteiger partial charge in [-0.05, 0) is 23.6 Å². The molecule has 26 heavy (non-hydrogen) atoms. The van der Waals surface area contributed by atoms with E-state index in [2.05, 4.69) is 78.9 Å². The Morgan fingerprint density at radius 1 is 0.885 bits per heavy atom. The first-order chi connectivity index (χ1) is 12.9. The van der Waals surface area contributed by atoms with Gasteiger partial charge in [0.05, 0.1) is 11.7 Å². The van der Waals surface area contributed by atoms with Crippen molar-refractivity contribution in [2.24, 2.45) is 0 Å². The number of nitrogens with zero attached hydrogens (tertiary/aromatic N) is 2. The molecule has 2 aromatic heterocycles. The first kappa shape index (κ1) is 16.8. The zero-order chi connectivity index (χ0) is 17.8. The third-order valence-electron chi connectivity index (χ3n) is 5.33. The quantitative estimate of drug-likeness (QED) is 0.346. The van der Waals surface area contributed by atoms with Crippen molar-refractivity contribution in [3.05, 3.63) is 84.2 Å². The van der Waals surface area contributed by atoms with Gasteiger partial charge in [-0.1, -0.05) is 87.2 Å². The van der Waals surface area contributed by atoms with E-state index in [9.17, 15) is 0 Å². The summed E-state index contributed by atoms with van der Waals surface area (Å²) in [6.45, 7) is 2.27. The molecule has 0 saturated carbocycles. The molecule has 1 atom stereocenters. The molecule has 2 heteroatoms. The minimum atomic E-state index is 0.438. The van der Waals surface area contributed by atoms with E-state index >= 15 is 0 Å². The largest absolute Gasteiger partial charge is 0.240 e. The predicted molar refractivity (Wildman–Crippen MR) is 110 cm³/mol. The molecule has 132 valence electrons. The van der Waals surface area contributed by atoms with Gasteiger partial charge in [-0.15, -0.1) is 0 Å². The van der Waals surface area contributed by atoms with E-state index in [0.29, 0.717) is 5.92 Å². The second kappa shape index (κ2) is 7.74. The number of rotatable bonds is 7. The topological polar surface area (TPSA) is 17.3 Å². The molecule has 2 nitrogen and oxygen atoms in total. The van der Waals surface area contributed by atoms with Crippen molar-refractivity contribution in [3.8, 4) is 0 Å². The van der Waals surface area contributed by atoms with Crippen molar-refractivity contribution in [2.45, 2.75) is 44.9 Å². The lowest BCUT2D eigenvalue weighted by atomic mass is 9.88. The SMILES string of the molecule is CCCCCCC(c1ccccc1)c1cc2c3ccccc3cnn2c1. The van der Waals surface area contributed by atoms with E-state index in [1.807, 2.05) is 10.7 Å². The van der Waals surface area contributed by atoms with Crippen LogP contribution in [0.2, 0.25) is 0 Å². The van der Waals surface area contributed by atoms with Gasteiger partial charge < -0.3 is 0 Å². The zero-order valence-electron chi connectivity index (χ0n) is 15.4. The molecule has 1 unspecified atom stereocenters. The molecule has 0 radical (unpaired) electrons. The standard InChI is InChI=1S/C24H26N2/c1-2-3-4-8-14-22(19-11-6-5-7-12-19)21-16-24-23-15-10-9-13-20(23)17-25-26(24)18-21/h5-7,9-13,15-18,22H,2-4,8,14H2,1H3. The summed E-state index contributed by atoms with van der Waals surface area (Å²) in [7, 11) is 0. The molecule has 0 aliphatic carbocycles. The van der Waals surface area contributed by atoms with Gasteiger partial charge in [0.15, 0.2) is 0 Å². The van der Waals surface area contributed by atoms with Crippen LogP contribution in [-0.2, 0) is 0 Å². The molecule has 0 bridgehead atoms. The summed E-state index contributed by atoms with van der Waals surface area (Å²) >= 11 is 0. The summed E-state index contributed by atoms with van der Waals surface area (Å²) in [5.74, 6) is 0.438. The van der Waals surface area contributed by atoms with E-state index in [-0.39, 0.29) is 0 Å². The average molecular weight is 342 g/mol. The maximum Gasteiger partial charge on any atom is 0.0728 e. The fourth-order valence-corrected chi connectivity index (χ4v) is 3.91. The lowest BCUT2D eigenvalue weighted by Crippen LogP contribution is -2.00. The number of hydrogen-bond donors (Lipinski definition) is 0. The summed E-state index contributed by atoms with van der Waals surface area (Å²) in [4.78, 5) is 0. The van der Waals surface area contributed by atoms with Crippen LogP contribution in [0.4, 0.5) is 0 Å². The normalized spacial score (nSPS) is 12.7. The number of benzene rings is 2. The number of unbranched alkanes of at least 4 members (excludes halogenated alkanes) is 3. The molecule has 2 heterocycles. The summed E-state index contributed by atoms with van der Waals surface area (Å²) in [6, 6.07) is 21.8. The van der Waals surface area contributed by atoms with Crippen molar-refractivity contribution in [1.82, 2.24) is 9.61 Å². The van der Waals surface area contributed by atoms with Crippen LogP contribution >= 0.6 is 0 Å². The number of aromatic nitrogens is 2. The molecular weight excluding hydrogens is 316 g/mol. The van der Waals surface area contributed by atoms with Crippen LogP contribution < -0.4 is 0 Å². The van der Waals surface area contributed by atoms with Gasteiger partial charge in [-0.25, -0.2) is 4.52 Å². The number of fused-ring (bicyclic) bond motifs is 3. The molecular formula is C24H26N2. The molecule has 0 aliphatic rings. The smallest absolute Gasteiger partial charge is 0.0728 e. The molecule has 2 aromatic carbocycles. The van der Waals surface area contributed by atoms with Crippen molar-refractivity contribution in [3.63, 3.8) is 0 Å². The average Bonchev–Trinajstić information content (AvgIpc) is 3.13. The second-order valence-corrected chi connectivity index (χ2v) is 7.15. The minimum Gasteiger partial charge on any atom is -0.240 e. The Hall–Kier alpha value is -2.61. The van der Waals surface area contributed by atoms with E-state index in [0.717, 1.165) is 0 Å². The van der Waals surface area contributed by atoms with Gasteiger partial charge in [-0.3, -0.25) is 0 Å². The molecule has 4 aromatic rings. The highest BCUT2D eigenvalue weighted by molar-refractivity contribution is 5.95. The van der Waals surface area contributed by atoms with Crippen molar-refractivity contribution in [2.75, 3.05) is 0 Å². The third kappa shape index (κ3) is 3.37. The maximum absolute atomic E-state index is 4.63. The minimum absolute atomic E-state index is 0.438. The Kier molecular flexibility index (Phi) is 5.01. The Morgan fingerprint density at radius 3 is 2.54 bits per heavy atom. The fraction of sp³-hybridized carbons (Fsp3) is 0.292. The van der Waals surface area contributed by atoms with E-state index in [1.165, 1.54) is 59.5 Å². The molecule has 0 amide bonds. The van der Waals surface area contributed by atoms with E-state index < -0.39 is 0 Å². The monoisotopic (exact) mass is 342 g/mol. The van der Waals surface area contributed by atoms with Crippen molar-refractivity contribution < 1.29 is 0 Å². The molecule has 0 saturated heterocycles. The lowest BCUT2D eigenvalue weighted by Gasteiger charge is -2.16. The highest BCUT2D eigenvalue weighted by atomic mass is 15.2. The van der Waals surface area contributed by atoms with Crippen LogP contribution in [0, 0.1) is 0 Å². The van der Waals surface area contributed by atoms with Gasteiger partial charge >= 0.3 is 0 Å². The van der Waals surface area contributed by atoms with Gasteiger partial charge in [0.25, 0.3) is 0 Å². The Balaban J connectivity index is 1.73.